The highest BCUT2D eigenvalue weighted by molar-refractivity contribution is 7.18. The lowest BCUT2D eigenvalue weighted by Crippen LogP contribution is -2.50. The van der Waals surface area contributed by atoms with Crippen LogP contribution in [0.25, 0.3) is 10.2 Å². The third kappa shape index (κ3) is 2.33. The number of likely N-dealkylation sites (N-methyl/N-ethyl adjacent to an activating group) is 1. The maximum atomic E-state index is 5.90. The Bertz CT molecular complexity index is 623. The number of hydrogen-bond acceptors (Lipinski definition) is 6. The van der Waals surface area contributed by atoms with E-state index in [-0.39, 0.29) is 0 Å². The Morgan fingerprint density at radius 2 is 2.20 bits per heavy atom. The van der Waals surface area contributed by atoms with Gasteiger partial charge in [0.25, 0.3) is 0 Å². The number of fused-ring (bicyclic) bond motifs is 1. The minimum Gasteiger partial charge on any atom is -0.368 e. The Morgan fingerprint density at radius 3 is 2.90 bits per heavy atom. The van der Waals surface area contributed by atoms with Crippen molar-refractivity contribution in [2.45, 2.75) is 26.3 Å². The summed E-state index contributed by atoms with van der Waals surface area (Å²) in [6.45, 7) is 7.50. The molecule has 1 fully saturated rings. The molecule has 0 spiro atoms. The van der Waals surface area contributed by atoms with Gasteiger partial charge in [-0.05, 0) is 26.5 Å². The van der Waals surface area contributed by atoms with E-state index in [1.165, 1.54) is 4.88 Å². The molecule has 0 amide bonds. The van der Waals surface area contributed by atoms with Crippen LogP contribution in [0, 0.1) is 0 Å². The molecule has 2 aromatic heterocycles. The van der Waals surface area contributed by atoms with Gasteiger partial charge in [-0.15, -0.1) is 11.3 Å². The van der Waals surface area contributed by atoms with Gasteiger partial charge in [0, 0.05) is 30.6 Å². The highest BCUT2D eigenvalue weighted by atomic mass is 32.1. The first-order chi connectivity index (χ1) is 9.58. The molecule has 0 saturated carbocycles. The normalized spacial score (nSPS) is 20.8. The first kappa shape index (κ1) is 13.6. The molecular formula is C14H21N5S. The largest absolute Gasteiger partial charge is 0.368 e. The van der Waals surface area contributed by atoms with E-state index in [0.717, 1.165) is 42.1 Å². The summed E-state index contributed by atoms with van der Waals surface area (Å²) in [5.74, 6) is 1.38. The van der Waals surface area contributed by atoms with Gasteiger partial charge >= 0.3 is 0 Å². The number of hydrogen-bond donors (Lipinski definition) is 1. The van der Waals surface area contributed by atoms with Crippen molar-refractivity contribution in [1.29, 1.82) is 0 Å². The summed E-state index contributed by atoms with van der Waals surface area (Å²) < 4.78 is 0. The van der Waals surface area contributed by atoms with Crippen molar-refractivity contribution in [3.05, 3.63) is 10.9 Å². The Morgan fingerprint density at radius 1 is 1.40 bits per heavy atom. The summed E-state index contributed by atoms with van der Waals surface area (Å²) in [4.78, 5) is 16.0. The van der Waals surface area contributed by atoms with Gasteiger partial charge in [-0.2, -0.15) is 4.98 Å². The Kier molecular flexibility index (Phi) is 3.52. The zero-order valence-corrected chi connectivity index (χ0v) is 13.1. The number of anilines is 2. The van der Waals surface area contributed by atoms with Gasteiger partial charge in [-0.3, -0.25) is 0 Å². The number of thiophene rings is 1. The van der Waals surface area contributed by atoms with E-state index in [1.807, 2.05) is 0 Å². The number of aromatic nitrogens is 2. The van der Waals surface area contributed by atoms with Crippen LogP contribution in [0.5, 0.6) is 0 Å². The molecule has 0 bridgehead atoms. The number of nitrogen functional groups attached to an aromatic ring is 1. The summed E-state index contributed by atoms with van der Waals surface area (Å²) in [6.07, 6.45) is 1.03. The predicted molar refractivity (Wildman–Crippen MR) is 85.5 cm³/mol. The van der Waals surface area contributed by atoms with E-state index in [9.17, 15) is 0 Å². The van der Waals surface area contributed by atoms with Crippen molar-refractivity contribution in [3.8, 4) is 0 Å². The summed E-state index contributed by atoms with van der Waals surface area (Å²) in [7, 11) is 2.16. The quantitative estimate of drug-likeness (QED) is 0.917. The van der Waals surface area contributed by atoms with Gasteiger partial charge in [0.1, 0.15) is 10.6 Å². The number of aryl methyl sites for hydroxylation is 1. The smallest absolute Gasteiger partial charge is 0.223 e. The van der Waals surface area contributed by atoms with Crippen LogP contribution < -0.4 is 10.6 Å². The van der Waals surface area contributed by atoms with Crippen LogP contribution in [-0.2, 0) is 6.42 Å². The second-order valence-electron chi connectivity index (χ2n) is 5.50. The highest BCUT2D eigenvalue weighted by Gasteiger charge is 2.25. The Labute approximate surface area is 123 Å². The summed E-state index contributed by atoms with van der Waals surface area (Å²) >= 11 is 1.72. The van der Waals surface area contributed by atoms with E-state index in [0.29, 0.717) is 12.0 Å². The second-order valence-corrected chi connectivity index (χ2v) is 6.61. The molecule has 2 N–H and O–H groups in total. The Hall–Kier alpha value is -1.40. The summed E-state index contributed by atoms with van der Waals surface area (Å²) in [5.41, 5.74) is 5.90. The third-order valence-corrected chi connectivity index (χ3v) is 5.07. The first-order valence-electron chi connectivity index (χ1n) is 7.09. The van der Waals surface area contributed by atoms with Crippen LogP contribution in [0.15, 0.2) is 6.07 Å². The van der Waals surface area contributed by atoms with Crippen LogP contribution in [0.1, 0.15) is 18.7 Å². The van der Waals surface area contributed by atoms with Gasteiger partial charge in [-0.25, -0.2) is 4.98 Å². The molecule has 108 valence electrons. The lowest BCUT2D eigenvalue weighted by Gasteiger charge is -2.39. The van der Waals surface area contributed by atoms with E-state index in [2.05, 4.69) is 46.7 Å². The summed E-state index contributed by atoms with van der Waals surface area (Å²) in [5, 5.41) is 1.15. The first-order valence-corrected chi connectivity index (χ1v) is 7.91. The molecule has 3 heterocycles. The minimum atomic E-state index is 0.378. The molecule has 1 saturated heterocycles. The molecule has 1 unspecified atom stereocenters. The molecule has 1 aliphatic heterocycles. The highest BCUT2D eigenvalue weighted by Crippen LogP contribution is 2.33. The van der Waals surface area contributed by atoms with Crippen molar-refractivity contribution >= 4 is 33.3 Å². The molecule has 5 nitrogen and oxygen atoms in total. The van der Waals surface area contributed by atoms with E-state index >= 15 is 0 Å². The molecular weight excluding hydrogens is 270 g/mol. The van der Waals surface area contributed by atoms with Crippen LogP contribution in [-0.4, -0.2) is 47.6 Å². The minimum absolute atomic E-state index is 0.378. The van der Waals surface area contributed by atoms with Gasteiger partial charge < -0.3 is 15.5 Å². The van der Waals surface area contributed by atoms with E-state index in [4.69, 9.17) is 5.73 Å². The van der Waals surface area contributed by atoms with Crippen molar-refractivity contribution in [3.63, 3.8) is 0 Å². The zero-order chi connectivity index (χ0) is 14.3. The fourth-order valence-corrected chi connectivity index (χ4v) is 3.79. The molecule has 0 radical (unpaired) electrons. The summed E-state index contributed by atoms with van der Waals surface area (Å²) in [6, 6.07) is 2.66. The van der Waals surface area contributed by atoms with Crippen molar-refractivity contribution < 1.29 is 0 Å². The van der Waals surface area contributed by atoms with Gasteiger partial charge in [0.2, 0.25) is 5.95 Å². The van der Waals surface area contributed by atoms with Gasteiger partial charge in [-0.1, -0.05) is 6.92 Å². The third-order valence-electron chi connectivity index (χ3n) is 3.89. The number of rotatable bonds is 2. The topological polar surface area (TPSA) is 58.3 Å². The van der Waals surface area contributed by atoms with Crippen LogP contribution >= 0.6 is 11.3 Å². The molecule has 0 aliphatic carbocycles. The number of nitrogens with zero attached hydrogens (tertiary/aromatic N) is 4. The number of piperazine rings is 1. The fraction of sp³-hybridized carbons (Fsp3) is 0.571. The van der Waals surface area contributed by atoms with Crippen molar-refractivity contribution in [2.75, 3.05) is 37.3 Å². The lowest BCUT2D eigenvalue weighted by molar-refractivity contribution is 0.275. The lowest BCUT2D eigenvalue weighted by atomic mass is 10.2. The molecule has 3 rings (SSSR count). The molecule has 1 aliphatic rings. The predicted octanol–water partition coefficient (Wildman–Crippen LogP) is 1.98. The second kappa shape index (κ2) is 5.18. The van der Waals surface area contributed by atoms with Crippen LogP contribution in [0.2, 0.25) is 0 Å². The molecule has 0 aromatic carbocycles. The van der Waals surface area contributed by atoms with E-state index in [1.54, 1.807) is 11.3 Å². The van der Waals surface area contributed by atoms with Crippen LogP contribution in [0.4, 0.5) is 11.8 Å². The number of nitrogens with two attached hydrogens (primary N) is 1. The zero-order valence-electron chi connectivity index (χ0n) is 12.3. The van der Waals surface area contributed by atoms with E-state index < -0.39 is 0 Å². The maximum absolute atomic E-state index is 5.90. The Balaban J connectivity index is 2.07. The average Bonchev–Trinajstić information content (AvgIpc) is 2.81. The molecule has 20 heavy (non-hydrogen) atoms. The standard InChI is InChI=1S/C14H21N5S/c1-4-10-7-11-12(16-14(15)17-13(11)20-10)19-6-5-18(3)8-9(19)2/h7,9H,4-6,8H2,1-3H3,(H2,15,16,17). The van der Waals surface area contributed by atoms with Gasteiger partial charge in [0.15, 0.2) is 0 Å². The van der Waals surface area contributed by atoms with Crippen LogP contribution in [0.3, 0.4) is 0 Å². The monoisotopic (exact) mass is 291 g/mol. The van der Waals surface area contributed by atoms with Crippen molar-refractivity contribution in [2.24, 2.45) is 0 Å². The average molecular weight is 291 g/mol. The van der Waals surface area contributed by atoms with Crippen molar-refractivity contribution in [1.82, 2.24) is 14.9 Å². The SMILES string of the molecule is CCc1cc2c(N3CCN(C)CC3C)nc(N)nc2s1. The molecule has 6 heteroatoms. The molecule has 2 aromatic rings. The fourth-order valence-electron chi connectivity index (χ4n) is 2.82. The maximum Gasteiger partial charge on any atom is 0.223 e. The molecule has 1 atom stereocenters. The van der Waals surface area contributed by atoms with Gasteiger partial charge in [0.05, 0.1) is 5.39 Å².